The van der Waals surface area contributed by atoms with Crippen molar-refractivity contribution in [1.29, 1.82) is 0 Å². The van der Waals surface area contributed by atoms with E-state index in [1.807, 2.05) is 61.5 Å². The molecule has 0 saturated carbocycles. The van der Waals surface area contributed by atoms with Crippen molar-refractivity contribution in [2.45, 2.75) is 6.92 Å². The minimum absolute atomic E-state index is 0.662. The van der Waals surface area contributed by atoms with Gasteiger partial charge < -0.3 is 10.1 Å². The van der Waals surface area contributed by atoms with Crippen molar-refractivity contribution in [2.75, 3.05) is 11.9 Å². The van der Waals surface area contributed by atoms with E-state index in [4.69, 9.17) is 4.74 Å². The number of hydrogen-bond donors (Lipinski definition) is 1. The van der Waals surface area contributed by atoms with Crippen LogP contribution in [0.5, 0.6) is 11.5 Å². The quantitative estimate of drug-likeness (QED) is 0.814. The van der Waals surface area contributed by atoms with Gasteiger partial charge in [-0.3, -0.25) is 0 Å². The smallest absolute Gasteiger partial charge is 0.127 e. The molecule has 0 radical (unpaired) electrons. The number of anilines is 1. The maximum atomic E-state index is 5.70. The Labute approximate surface area is 108 Å². The highest BCUT2D eigenvalue weighted by Gasteiger charge is 1.96. The highest BCUT2D eigenvalue weighted by molar-refractivity contribution is 5.47. The van der Waals surface area contributed by atoms with Gasteiger partial charge in [0, 0.05) is 5.69 Å². The fourth-order valence-electron chi connectivity index (χ4n) is 1.50. The predicted molar refractivity (Wildman–Crippen MR) is 74.9 cm³/mol. The minimum atomic E-state index is 0.662. The molecule has 0 bridgehead atoms. The Morgan fingerprint density at radius 2 is 1.61 bits per heavy atom. The van der Waals surface area contributed by atoms with Gasteiger partial charge in [0.15, 0.2) is 0 Å². The van der Waals surface area contributed by atoms with E-state index in [1.165, 1.54) is 0 Å². The molecule has 1 N–H and O–H groups in total. The van der Waals surface area contributed by atoms with Gasteiger partial charge in [0.25, 0.3) is 0 Å². The van der Waals surface area contributed by atoms with Crippen molar-refractivity contribution in [2.24, 2.45) is 0 Å². The normalized spacial score (nSPS) is 9.17. The number of para-hydroxylation sites is 1. The summed E-state index contributed by atoms with van der Waals surface area (Å²) in [6, 6.07) is 17.6. The molecule has 0 unspecified atom stereocenters. The summed E-state index contributed by atoms with van der Waals surface area (Å²) >= 11 is 0. The summed E-state index contributed by atoms with van der Waals surface area (Å²) in [4.78, 5) is 0. The lowest BCUT2D eigenvalue weighted by Crippen LogP contribution is -1.97. The van der Waals surface area contributed by atoms with E-state index in [2.05, 4.69) is 17.2 Å². The molecule has 2 heteroatoms. The zero-order valence-corrected chi connectivity index (χ0v) is 10.3. The average Bonchev–Trinajstić information content (AvgIpc) is 2.42. The molecule has 0 spiro atoms. The third-order valence-electron chi connectivity index (χ3n) is 2.39. The molecular weight excluding hydrogens is 222 g/mol. The first kappa shape index (κ1) is 12.1. The molecule has 2 rings (SSSR count). The van der Waals surface area contributed by atoms with Crippen molar-refractivity contribution < 1.29 is 4.74 Å². The highest BCUT2D eigenvalue weighted by Crippen LogP contribution is 2.22. The lowest BCUT2D eigenvalue weighted by molar-refractivity contribution is 0.483. The summed E-state index contributed by atoms with van der Waals surface area (Å²) in [7, 11) is 0. The second kappa shape index (κ2) is 6.36. The number of rotatable bonds is 4. The van der Waals surface area contributed by atoms with E-state index in [0.29, 0.717) is 6.54 Å². The lowest BCUT2D eigenvalue weighted by atomic mass is 10.3. The Hall–Kier alpha value is -2.40. The van der Waals surface area contributed by atoms with Crippen LogP contribution in [0.3, 0.4) is 0 Å². The molecule has 0 aliphatic carbocycles. The first-order valence-corrected chi connectivity index (χ1v) is 5.85. The predicted octanol–water partition coefficient (Wildman–Crippen LogP) is 3.91. The van der Waals surface area contributed by atoms with Gasteiger partial charge in [-0.1, -0.05) is 24.1 Å². The van der Waals surface area contributed by atoms with E-state index in [1.54, 1.807) is 0 Å². The summed E-state index contributed by atoms with van der Waals surface area (Å²) < 4.78 is 5.70. The van der Waals surface area contributed by atoms with Crippen molar-refractivity contribution in [3.8, 4) is 23.3 Å². The summed E-state index contributed by atoms with van der Waals surface area (Å²) in [6.07, 6.45) is 0. The molecule has 2 aromatic carbocycles. The maximum absolute atomic E-state index is 5.70. The van der Waals surface area contributed by atoms with E-state index in [9.17, 15) is 0 Å². The van der Waals surface area contributed by atoms with Crippen LogP contribution in [0.2, 0.25) is 0 Å². The zero-order valence-electron chi connectivity index (χ0n) is 10.3. The van der Waals surface area contributed by atoms with Crippen LogP contribution in [0, 0.1) is 11.8 Å². The fourth-order valence-corrected chi connectivity index (χ4v) is 1.50. The monoisotopic (exact) mass is 237 g/mol. The topological polar surface area (TPSA) is 21.3 Å². The van der Waals surface area contributed by atoms with Gasteiger partial charge in [-0.15, -0.1) is 5.92 Å². The van der Waals surface area contributed by atoms with Crippen LogP contribution in [0.1, 0.15) is 6.92 Å². The van der Waals surface area contributed by atoms with E-state index >= 15 is 0 Å². The molecule has 0 aromatic heterocycles. The lowest BCUT2D eigenvalue weighted by Gasteiger charge is -2.07. The van der Waals surface area contributed by atoms with Gasteiger partial charge >= 0.3 is 0 Å². The fraction of sp³-hybridized carbons (Fsp3) is 0.125. The average molecular weight is 237 g/mol. The van der Waals surface area contributed by atoms with Gasteiger partial charge in [-0.2, -0.15) is 0 Å². The molecule has 0 atom stereocenters. The molecule has 2 aromatic rings. The van der Waals surface area contributed by atoms with Crippen LogP contribution in [0.15, 0.2) is 54.6 Å². The van der Waals surface area contributed by atoms with Crippen LogP contribution in [0.4, 0.5) is 5.69 Å². The Morgan fingerprint density at radius 3 is 2.28 bits per heavy atom. The molecule has 2 nitrogen and oxygen atoms in total. The van der Waals surface area contributed by atoms with Gasteiger partial charge in [-0.05, 0) is 43.3 Å². The second-order valence-corrected chi connectivity index (χ2v) is 3.72. The SMILES string of the molecule is CC#CCNc1ccc(Oc2ccccc2)cc1. The number of benzene rings is 2. The van der Waals surface area contributed by atoms with Crippen LogP contribution >= 0.6 is 0 Å². The van der Waals surface area contributed by atoms with Crippen LogP contribution in [-0.4, -0.2) is 6.54 Å². The van der Waals surface area contributed by atoms with Crippen LogP contribution in [-0.2, 0) is 0 Å². The molecule has 0 aliphatic rings. The molecule has 18 heavy (non-hydrogen) atoms. The third-order valence-corrected chi connectivity index (χ3v) is 2.39. The standard InChI is InChI=1S/C16H15NO/c1-2-3-13-17-14-9-11-16(12-10-14)18-15-7-5-4-6-8-15/h4-12,17H,13H2,1H3. The largest absolute Gasteiger partial charge is 0.457 e. The first-order valence-electron chi connectivity index (χ1n) is 5.85. The summed E-state index contributed by atoms with van der Waals surface area (Å²) in [5, 5.41) is 3.21. The molecule has 0 aliphatic heterocycles. The second-order valence-electron chi connectivity index (χ2n) is 3.72. The Bertz CT molecular complexity index is 535. The van der Waals surface area contributed by atoms with Crippen LogP contribution in [0.25, 0.3) is 0 Å². The Morgan fingerprint density at radius 1 is 0.944 bits per heavy atom. The molecule has 0 amide bonds. The highest BCUT2D eigenvalue weighted by atomic mass is 16.5. The number of nitrogens with one attached hydrogen (secondary N) is 1. The van der Waals surface area contributed by atoms with E-state index in [-0.39, 0.29) is 0 Å². The van der Waals surface area contributed by atoms with Gasteiger partial charge in [0.05, 0.1) is 6.54 Å². The number of hydrogen-bond acceptors (Lipinski definition) is 2. The number of ether oxygens (including phenoxy) is 1. The molecule has 0 heterocycles. The van der Waals surface area contributed by atoms with Crippen molar-refractivity contribution >= 4 is 5.69 Å². The van der Waals surface area contributed by atoms with Crippen molar-refractivity contribution in [3.63, 3.8) is 0 Å². The minimum Gasteiger partial charge on any atom is -0.457 e. The van der Waals surface area contributed by atoms with Gasteiger partial charge in [0.1, 0.15) is 11.5 Å². The zero-order chi connectivity index (χ0) is 12.6. The van der Waals surface area contributed by atoms with Crippen molar-refractivity contribution in [1.82, 2.24) is 0 Å². The van der Waals surface area contributed by atoms with E-state index < -0.39 is 0 Å². The summed E-state index contributed by atoms with van der Waals surface area (Å²) in [5.41, 5.74) is 1.04. The first-order chi connectivity index (χ1) is 8.88. The summed E-state index contributed by atoms with van der Waals surface area (Å²) in [5.74, 6) is 7.47. The van der Waals surface area contributed by atoms with Gasteiger partial charge in [0.2, 0.25) is 0 Å². The third kappa shape index (κ3) is 3.57. The Balaban J connectivity index is 1.97. The van der Waals surface area contributed by atoms with Crippen LogP contribution < -0.4 is 10.1 Å². The molecule has 90 valence electrons. The summed E-state index contributed by atoms with van der Waals surface area (Å²) in [6.45, 7) is 2.49. The molecule has 0 saturated heterocycles. The molecule has 0 fully saturated rings. The van der Waals surface area contributed by atoms with E-state index in [0.717, 1.165) is 17.2 Å². The molecular formula is C16H15NO. The van der Waals surface area contributed by atoms with Gasteiger partial charge in [-0.25, -0.2) is 0 Å². The van der Waals surface area contributed by atoms with Crippen molar-refractivity contribution in [3.05, 3.63) is 54.6 Å². The Kier molecular flexibility index (Phi) is 4.27. The maximum Gasteiger partial charge on any atom is 0.127 e.